The third kappa shape index (κ3) is 4.58. The molecule has 2 unspecified atom stereocenters. The molecule has 6 heteroatoms. The van der Waals surface area contributed by atoms with E-state index in [1.165, 1.54) is 7.11 Å². The molecule has 0 saturated carbocycles. The van der Waals surface area contributed by atoms with Crippen LogP contribution in [0.4, 0.5) is 0 Å². The topological polar surface area (TPSA) is 87.6 Å². The molecule has 0 heterocycles. The van der Waals surface area contributed by atoms with Crippen molar-refractivity contribution in [3.05, 3.63) is 22.7 Å². The van der Waals surface area contributed by atoms with Gasteiger partial charge in [0.1, 0.15) is 0 Å². The van der Waals surface area contributed by atoms with E-state index in [1.54, 1.807) is 13.0 Å². The predicted molar refractivity (Wildman–Crippen MR) is 79.2 cm³/mol. The number of nitrogens with two attached hydrogens (primary N) is 2. The summed E-state index contributed by atoms with van der Waals surface area (Å²) in [6, 6.07) is 3.65. The minimum atomic E-state index is -0.423. The van der Waals surface area contributed by atoms with E-state index in [2.05, 4.69) is 0 Å². The third-order valence-corrected chi connectivity index (χ3v) is 3.09. The van der Waals surface area contributed by atoms with Gasteiger partial charge >= 0.3 is 0 Å². The second kappa shape index (κ2) is 7.36. The van der Waals surface area contributed by atoms with Gasteiger partial charge < -0.3 is 20.9 Å². The van der Waals surface area contributed by atoms with Gasteiger partial charge in [-0.2, -0.15) is 0 Å². The molecule has 1 rings (SSSR count). The fourth-order valence-electron chi connectivity index (χ4n) is 1.69. The SMILES string of the molecule is COc1cc(CC(C)N)cc(Cl)c1OCC(C)C(N)=O. The van der Waals surface area contributed by atoms with Crippen molar-refractivity contribution in [1.82, 2.24) is 0 Å². The van der Waals surface area contributed by atoms with Crippen molar-refractivity contribution in [3.63, 3.8) is 0 Å². The van der Waals surface area contributed by atoms with Crippen LogP contribution in [0.3, 0.4) is 0 Å². The Labute approximate surface area is 124 Å². The van der Waals surface area contributed by atoms with E-state index in [4.69, 9.17) is 32.5 Å². The number of primary amides is 1. The number of amides is 1. The Kier molecular flexibility index (Phi) is 6.10. The Hall–Kier alpha value is -1.46. The summed E-state index contributed by atoms with van der Waals surface area (Å²) in [7, 11) is 1.53. The largest absolute Gasteiger partial charge is 0.493 e. The lowest BCUT2D eigenvalue weighted by atomic mass is 10.1. The molecule has 20 heavy (non-hydrogen) atoms. The normalized spacial score (nSPS) is 13.7. The Morgan fingerprint density at radius 2 is 2.05 bits per heavy atom. The van der Waals surface area contributed by atoms with E-state index in [-0.39, 0.29) is 12.6 Å². The summed E-state index contributed by atoms with van der Waals surface area (Å²) in [4.78, 5) is 11.0. The van der Waals surface area contributed by atoms with Crippen LogP contribution in [0.1, 0.15) is 19.4 Å². The number of hydrogen-bond donors (Lipinski definition) is 2. The smallest absolute Gasteiger partial charge is 0.223 e. The fraction of sp³-hybridized carbons (Fsp3) is 0.500. The molecule has 0 radical (unpaired) electrons. The molecule has 0 aliphatic heterocycles. The Balaban J connectivity index is 2.93. The zero-order valence-electron chi connectivity index (χ0n) is 12.0. The minimum absolute atomic E-state index is 0.0254. The van der Waals surface area contributed by atoms with Crippen molar-refractivity contribution in [1.29, 1.82) is 0 Å². The first-order valence-electron chi connectivity index (χ1n) is 6.39. The number of rotatable bonds is 7. The maximum Gasteiger partial charge on any atom is 0.223 e. The number of benzene rings is 1. The van der Waals surface area contributed by atoms with Crippen molar-refractivity contribution in [2.75, 3.05) is 13.7 Å². The second-order valence-corrected chi connectivity index (χ2v) is 5.31. The highest BCUT2D eigenvalue weighted by Crippen LogP contribution is 2.36. The summed E-state index contributed by atoms with van der Waals surface area (Å²) in [5, 5.41) is 0.427. The van der Waals surface area contributed by atoms with Crippen LogP contribution in [0.25, 0.3) is 0 Å². The van der Waals surface area contributed by atoms with Crippen molar-refractivity contribution in [3.8, 4) is 11.5 Å². The van der Waals surface area contributed by atoms with E-state index in [0.29, 0.717) is 22.9 Å². The summed E-state index contributed by atoms with van der Waals surface area (Å²) < 4.78 is 10.8. The lowest BCUT2D eigenvalue weighted by Crippen LogP contribution is -2.26. The van der Waals surface area contributed by atoms with Crippen molar-refractivity contribution in [2.24, 2.45) is 17.4 Å². The van der Waals surface area contributed by atoms with Crippen LogP contribution in [0, 0.1) is 5.92 Å². The van der Waals surface area contributed by atoms with Crippen molar-refractivity contribution >= 4 is 17.5 Å². The summed E-state index contributed by atoms with van der Waals surface area (Å²) in [6.07, 6.45) is 0.689. The van der Waals surface area contributed by atoms with Gasteiger partial charge in [-0.05, 0) is 31.0 Å². The number of carbonyl (C=O) groups is 1. The van der Waals surface area contributed by atoms with Gasteiger partial charge in [0.2, 0.25) is 5.91 Å². The maximum atomic E-state index is 11.0. The first kappa shape index (κ1) is 16.6. The minimum Gasteiger partial charge on any atom is -0.493 e. The molecule has 5 nitrogen and oxygen atoms in total. The fourth-order valence-corrected chi connectivity index (χ4v) is 1.98. The van der Waals surface area contributed by atoms with Gasteiger partial charge in [-0.25, -0.2) is 0 Å². The zero-order valence-corrected chi connectivity index (χ0v) is 12.7. The Morgan fingerprint density at radius 3 is 2.55 bits per heavy atom. The van der Waals surface area contributed by atoms with Gasteiger partial charge in [0.15, 0.2) is 11.5 Å². The standard InChI is InChI=1S/C14H21ClN2O3/c1-8(14(17)18)7-20-13-11(15)5-10(4-9(2)16)6-12(13)19-3/h5-6,8-9H,4,7,16H2,1-3H3,(H2,17,18). The molecule has 0 aromatic heterocycles. The van der Waals surface area contributed by atoms with Gasteiger partial charge in [-0.1, -0.05) is 18.5 Å². The van der Waals surface area contributed by atoms with Crippen molar-refractivity contribution in [2.45, 2.75) is 26.3 Å². The molecule has 0 spiro atoms. The van der Waals surface area contributed by atoms with Crippen LogP contribution < -0.4 is 20.9 Å². The molecule has 4 N–H and O–H groups in total. The first-order chi connectivity index (χ1) is 9.35. The highest BCUT2D eigenvalue weighted by atomic mass is 35.5. The Morgan fingerprint density at radius 1 is 1.40 bits per heavy atom. The molecule has 1 aromatic rings. The van der Waals surface area contributed by atoms with E-state index >= 15 is 0 Å². The second-order valence-electron chi connectivity index (χ2n) is 4.90. The van der Waals surface area contributed by atoms with Gasteiger partial charge in [-0.15, -0.1) is 0 Å². The highest BCUT2D eigenvalue weighted by molar-refractivity contribution is 6.32. The van der Waals surface area contributed by atoms with Gasteiger partial charge in [-0.3, -0.25) is 4.79 Å². The number of ether oxygens (including phenoxy) is 2. The Bertz CT molecular complexity index is 478. The molecule has 0 bridgehead atoms. The average Bonchev–Trinajstić information content (AvgIpc) is 2.35. The van der Waals surface area contributed by atoms with E-state index in [1.807, 2.05) is 13.0 Å². The van der Waals surface area contributed by atoms with Crippen LogP contribution in [0.5, 0.6) is 11.5 Å². The molecule has 0 saturated heterocycles. The van der Waals surface area contributed by atoms with Crippen LogP contribution in [-0.4, -0.2) is 25.7 Å². The number of hydrogen-bond acceptors (Lipinski definition) is 4. The molecule has 0 aliphatic carbocycles. The predicted octanol–water partition coefficient (Wildman–Crippen LogP) is 1.74. The average molecular weight is 301 g/mol. The van der Waals surface area contributed by atoms with Crippen LogP contribution >= 0.6 is 11.6 Å². The lowest BCUT2D eigenvalue weighted by molar-refractivity contribution is -0.122. The van der Waals surface area contributed by atoms with Crippen LogP contribution in [-0.2, 0) is 11.2 Å². The molecule has 2 atom stereocenters. The number of methoxy groups -OCH3 is 1. The molecular weight excluding hydrogens is 280 g/mol. The zero-order chi connectivity index (χ0) is 15.3. The molecule has 1 aromatic carbocycles. The van der Waals surface area contributed by atoms with Crippen LogP contribution in [0.2, 0.25) is 5.02 Å². The first-order valence-corrected chi connectivity index (χ1v) is 6.77. The van der Waals surface area contributed by atoms with E-state index in [0.717, 1.165) is 5.56 Å². The molecule has 0 fully saturated rings. The number of halogens is 1. The van der Waals surface area contributed by atoms with Crippen LogP contribution in [0.15, 0.2) is 12.1 Å². The summed E-state index contributed by atoms with van der Waals surface area (Å²) >= 11 is 6.20. The summed E-state index contributed by atoms with van der Waals surface area (Å²) in [5.41, 5.74) is 11.9. The molecule has 0 aliphatic rings. The lowest BCUT2D eigenvalue weighted by Gasteiger charge is -2.16. The molecular formula is C14H21ClN2O3. The quantitative estimate of drug-likeness (QED) is 0.803. The molecule has 112 valence electrons. The van der Waals surface area contributed by atoms with Gasteiger partial charge in [0.25, 0.3) is 0 Å². The number of carbonyl (C=O) groups excluding carboxylic acids is 1. The van der Waals surface area contributed by atoms with Gasteiger partial charge in [0.05, 0.1) is 24.7 Å². The third-order valence-electron chi connectivity index (χ3n) is 2.81. The van der Waals surface area contributed by atoms with Gasteiger partial charge in [0, 0.05) is 6.04 Å². The van der Waals surface area contributed by atoms with Crippen molar-refractivity contribution < 1.29 is 14.3 Å². The van der Waals surface area contributed by atoms with E-state index in [9.17, 15) is 4.79 Å². The maximum absolute atomic E-state index is 11.0. The highest BCUT2D eigenvalue weighted by Gasteiger charge is 2.16. The molecule has 1 amide bonds. The van der Waals surface area contributed by atoms with E-state index < -0.39 is 11.8 Å². The monoisotopic (exact) mass is 300 g/mol. The summed E-state index contributed by atoms with van der Waals surface area (Å²) in [5.74, 6) is 0.105. The summed E-state index contributed by atoms with van der Waals surface area (Å²) in [6.45, 7) is 3.75.